The SMILES string of the molecule is CC(C)n1cc(Cl)cc1C(=O)N1CCNCC1C(N)=O. The molecule has 1 unspecified atom stereocenters. The van der Waals surface area contributed by atoms with Gasteiger partial charge in [0.15, 0.2) is 0 Å². The number of nitrogens with zero attached hydrogens (tertiary/aromatic N) is 2. The number of aromatic nitrogens is 1. The Labute approximate surface area is 122 Å². The predicted molar refractivity (Wildman–Crippen MR) is 76.7 cm³/mol. The summed E-state index contributed by atoms with van der Waals surface area (Å²) in [6.07, 6.45) is 1.72. The first-order valence-electron chi connectivity index (χ1n) is 6.60. The second kappa shape index (κ2) is 5.85. The van der Waals surface area contributed by atoms with E-state index >= 15 is 0 Å². The molecule has 0 aliphatic carbocycles. The minimum Gasteiger partial charge on any atom is -0.368 e. The lowest BCUT2D eigenvalue weighted by atomic mass is 10.1. The van der Waals surface area contributed by atoms with Gasteiger partial charge in [-0.05, 0) is 19.9 Å². The van der Waals surface area contributed by atoms with Crippen molar-refractivity contribution < 1.29 is 9.59 Å². The van der Waals surface area contributed by atoms with Crippen LogP contribution in [0, 0.1) is 0 Å². The number of hydrogen-bond acceptors (Lipinski definition) is 3. The predicted octanol–water partition coefficient (Wildman–Crippen LogP) is 0.622. The van der Waals surface area contributed by atoms with Crippen LogP contribution >= 0.6 is 11.6 Å². The van der Waals surface area contributed by atoms with Crippen molar-refractivity contribution in [2.75, 3.05) is 19.6 Å². The zero-order chi connectivity index (χ0) is 14.9. The molecule has 2 amide bonds. The maximum atomic E-state index is 12.7. The third kappa shape index (κ3) is 2.81. The van der Waals surface area contributed by atoms with Gasteiger partial charge >= 0.3 is 0 Å². The molecule has 0 aromatic carbocycles. The van der Waals surface area contributed by atoms with Crippen molar-refractivity contribution in [2.24, 2.45) is 5.73 Å². The third-order valence-corrected chi connectivity index (χ3v) is 3.63. The summed E-state index contributed by atoms with van der Waals surface area (Å²) in [5.74, 6) is -0.713. The highest BCUT2D eigenvalue weighted by Gasteiger charge is 2.32. The summed E-state index contributed by atoms with van der Waals surface area (Å²) < 4.78 is 1.81. The molecule has 2 rings (SSSR count). The lowest BCUT2D eigenvalue weighted by Crippen LogP contribution is -2.58. The Morgan fingerprint density at radius 2 is 2.20 bits per heavy atom. The third-order valence-electron chi connectivity index (χ3n) is 3.42. The number of amides is 2. The van der Waals surface area contributed by atoms with E-state index in [0.717, 1.165) is 0 Å². The zero-order valence-electron chi connectivity index (χ0n) is 11.6. The first-order valence-corrected chi connectivity index (χ1v) is 6.98. The fourth-order valence-corrected chi connectivity index (χ4v) is 2.60. The molecular formula is C13H19ClN4O2. The number of primary amides is 1. The molecule has 1 saturated heterocycles. The highest BCUT2D eigenvalue weighted by atomic mass is 35.5. The topological polar surface area (TPSA) is 80.4 Å². The Bertz CT molecular complexity index is 526. The summed E-state index contributed by atoms with van der Waals surface area (Å²) in [5.41, 5.74) is 5.86. The number of halogens is 1. The zero-order valence-corrected chi connectivity index (χ0v) is 12.4. The molecule has 6 nitrogen and oxygen atoms in total. The summed E-state index contributed by atoms with van der Waals surface area (Å²) >= 11 is 6.00. The highest BCUT2D eigenvalue weighted by Crippen LogP contribution is 2.21. The number of nitrogens with two attached hydrogens (primary N) is 1. The van der Waals surface area contributed by atoms with E-state index in [4.69, 9.17) is 17.3 Å². The fourth-order valence-electron chi connectivity index (χ4n) is 2.39. The highest BCUT2D eigenvalue weighted by molar-refractivity contribution is 6.31. The van der Waals surface area contributed by atoms with Crippen LogP contribution in [-0.2, 0) is 4.79 Å². The van der Waals surface area contributed by atoms with Crippen LogP contribution in [0.2, 0.25) is 5.02 Å². The van der Waals surface area contributed by atoms with Crippen molar-refractivity contribution in [3.05, 3.63) is 23.0 Å². The van der Waals surface area contributed by atoms with Gasteiger partial charge < -0.3 is 20.5 Å². The van der Waals surface area contributed by atoms with E-state index in [2.05, 4.69) is 5.32 Å². The first kappa shape index (κ1) is 14.9. The lowest BCUT2D eigenvalue weighted by Gasteiger charge is -2.34. The van der Waals surface area contributed by atoms with E-state index in [1.54, 1.807) is 12.3 Å². The summed E-state index contributed by atoms with van der Waals surface area (Å²) in [6, 6.07) is 1.12. The average molecular weight is 299 g/mol. The van der Waals surface area contributed by atoms with E-state index < -0.39 is 11.9 Å². The van der Waals surface area contributed by atoms with Crippen LogP contribution < -0.4 is 11.1 Å². The summed E-state index contributed by atoms with van der Waals surface area (Å²) in [4.78, 5) is 25.7. The molecule has 0 spiro atoms. The lowest BCUT2D eigenvalue weighted by molar-refractivity contribution is -0.122. The van der Waals surface area contributed by atoms with Crippen molar-refractivity contribution in [3.63, 3.8) is 0 Å². The average Bonchev–Trinajstić information content (AvgIpc) is 2.80. The first-order chi connectivity index (χ1) is 9.41. The molecule has 7 heteroatoms. The molecule has 3 N–H and O–H groups in total. The van der Waals surface area contributed by atoms with Gasteiger partial charge in [0.2, 0.25) is 5.91 Å². The van der Waals surface area contributed by atoms with Gasteiger partial charge in [0.05, 0.1) is 5.02 Å². The largest absolute Gasteiger partial charge is 0.368 e. The van der Waals surface area contributed by atoms with Crippen molar-refractivity contribution in [3.8, 4) is 0 Å². The molecule has 0 radical (unpaired) electrons. The Balaban J connectivity index is 2.32. The van der Waals surface area contributed by atoms with Crippen LogP contribution in [0.3, 0.4) is 0 Å². The standard InChI is InChI=1S/C13H19ClN4O2/c1-8(2)18-7-9(14)5-10(18)13(20)17-4-3-16-6-11(17)12(15)19/h5,7-8,11,16H,3-4,6H2,1-2H3,(H2,15,19). The Hall–Kier alpha value is -1.53. The molecule has 1 aliphatic heterocycles. The van der Waals surface area contributed by atoms with Gasteiger partial charge in [-0.3, -0.25) is 9.59 Å². The summed E-state index contributed by atoms with van der Waals surface area (Å²) in [6.45, 7) is 5.42. The van der Waals surface area contributed by atoms with Crippen LogP contribution in [0.1, 0.15) is 30.4 Å². The van der Waals surface area contributed by atoms with Gasteiger partial charge in [0.25, 0.3) is 5.91 Å². The number of nitrogens with one attached hydrogen (secondary N) is 1. The van der Waals surface area contributed by atoms with Gasteiger partial charge in [-0.1, -0.05) is 11.6 Å². The summed E-state index contributed by atoms with van der Waals surface area (Å²) in [7, 11) is 0. The van der Waals surface area contributed by atoms with E-state index in [1.165, 1.54) is 4.90 Å². The maximum absolute atomic E-state index is 12.7. The van der Waals surface area contributed by atoms with Crippen LogP contribution in [-0.4, -0.2) is 47.0 Å². The molecule has 20 heavy (non-hydrogen) atoms. The number of carbonyl (C=O) groups is 2. The van der Waals surface area contributed by atoms with Crippen LogP contribution in [0.4, 0.5) is 0 Å². The molecule has 1 aromatic heterocycles. The maximum Gasteiger partial charge on any atom is 0.271 e. The Morgan fingerprint density at radius 1 is 1.50 bits per heavy atom. The Morgan fingerprint density at radius 3 is 2.80 bits per heavy atom. The Kier molecular flexibility index (Phi) is 4.35. The van der Waals surface area contributed by atoms with Gasteiger partial charge in [-0.2, -0.15) is 0 Å². The van der Waals surface area contributed by atoms with E-state index in [0.29, 0.717) is 30.4 Å². The van der Waals surface area contributed by atoms with Gasteiger partial charge in [0.1, 0.15) is 11.7 Å². The molecule has 1 fully saturated rings. The number of carbonyl (C=O) groups excluding carboxylic acids is 2. The minimum absolute atomic E-state index is 0.108. The molecule has 1 aliphatic rings. The molecule has 0 saturated carbocycles. The van der Waals surface area contributed by atoms with E-state index in [1.807, 2.05) is 18.4 Å². The number of hydrogen-bond donors (Lipinski definition) is 2. The normalized spacial score (nSPS) is 19.4. The van der Waals surface area contributed by atoms with Crippen molar-refractivity contribution in [1.29, 1.82) is 0 Å². The molecule has 0 bridgehead atoms. The van der Waals surface area contributed by atoms with Gasteiger partial charge in [0, 0.05) is 31.9 Å². The van der Waals surface area contributed by atoms with Crippen molar-refractivity contribution in [2.45, 2.75) is 25.9 Å². The monoisotopic (exact) mass is 298 g/mol. The van der Waals surface area contributed by atoms with Crippen LogP contribution in [0.5, 0.6) is 0 Å². The molecule has 2 heterocycles. The van der Waals surface area contributed by atoms with Gasteiger partial charge in [-0.25, -0.2) is 0 Å². The molecule has 110 valence electrons. The molecule has 1 atom stereocenters. The minimum atomic E-state index is -0.620. The van der Waals surface area contributed by atoms with Crippen molar-refractivity contribution in [1.82, 2.24) is 14.8 Å². The van der Waals surface area contributed by atoms with E-state index in [9.17, 15) is 9.59 Å². The van der Waals surface area contributed by atoms with E-state index in [-0.39, 0.29) is 11.9 Å². The fraction of sp³-hybridized carbons (Fsp3) is 0.538. The molecular weight excluding hydrogens is 280 g/mol. The molecule has 1 aromatic rings. The second-order valence-electron chi connectivity index (χ2n) is 5.17. The smallest absolute Gasteiger partial charge is 0.271 e. The van der Waals surface area contributed by atoms with Crippen LogP contribution in [0.15, 0.2) is 12.3 Å². The van der Waals surface area contributed by atoms with Crippen molar-refractivity contribution >= 4 is 23.4 Å². The number of piperazine rings is 1. The second-order valence-corrected chi connectivity index (χ2v) is 5.60. The quantitative estimate of drug-likeness (QED) is 0.858. The summed E-state index contributed by atoms with van der Waals surface area (Å²) in [5, 5.41) is 3.57. The van der Waals surface area contributed by atoms with Crippen LogP contribution in [0.25, 0.3) is 0 Å². The number of rotatable bonds is 3. The van der Waals surface area contributed by atoms with Gasteiger partial charge in [-0.15, -0.1) is 0 Å².